The molecule has 0 aliphatic rings. The Hall–Kier alpha value is 0.150. The number of carbonyl (C=O) groups is 2. The van der Waals surface area contributed by atoms with E-state index in [0.717, 1.165) is 25.7 Å². The Bertz CT molecular complexity index is 591. The molecule has 0 fully saturated rings. The zero-order valence-electron chi connectivity index (χ0n) is 12.0. The van der Waals surface area contributed by atoms with E-state index in [2.05, 4.69) is 12.2 Å². The summed E-state index contributed by atoms with van der Waals surface area (Å²) < 4.78 is 1.69. The number of anilines is 2. The molecule has 5 nitrogen and oxygen atoms in total. The first-order valence-electron chi connectivity index (χ1n) is 6.80. The van der Waals surface area contributed by atoms with Gasteiger partial charge in [-0.15, -0.1) is 0 Å². The van der Waals surface area contributed by atoms with Crippen molar-refractivity contribution in [3.63, 3.8) is 0 Å². The van der Waals surface area contributed by atoms with Gasteiger partial charge in [-0.05, 0) is 74.2 Å². The third kappa shape index (κ3) is 5.08. The number of hydrogen-bond acceptors (Lipinski definition) is 3. The first kappa shape index (κ1) is 20.2. The molecule has 0 bridgehead atoms. The van der Waals surface area contributed by atoms with Crippen LogP contribution in [-0.4, -0.2) is 17.0 Å². The van der Waals surface area contributed by atoms with Gasteiger partial charge in [-0.1, -0.05) is 26.2 Å². The van der Waals surface area contributed by atoms with Crippen LogP contribution in [-0.2, 0) is 4.79 Å². The fourth-order valence-corrected chi connectivity index (χ4v) is 5.79. The first-order chi connectivity index (χ1) is 10.3. The van der Waals surface area contributed by atoms with Crippen molar-refractivity contribution < 1.29 is 14.7 Å². The average Bonchev–Trinajstić information content (AvgIpc) is 2.46. The van der Waals surface area contributed by atoms with Crippen molar-refractivity contribution in [2.45, 2.75) is 39.0 Å². The van der Waals surface area contributed by atoms with Gasteiger partial charge in [-0.3, -0.25) is 4.79 Å². The van der Waals surface area contributed by atoms with Crippen LogP contribution in [0.3, 0.4) is 0 Å². The van der Waals surface area contributed by atoms with Gasteiger partial charge in [-0.2, -0.15) is 0 Å². The molecule has 0 saturated carbocycles. The van der Waals surface area contributed by atoms with E-state index in [0.29, 0.717) is 28.5 Å². The number of carbonyl (C=O) groups excluding carboxylic acids is 1. The molecule has 0 saturated heterocycles. The standard InChI is InChI=1S/C14H17I3N2O3/c1-2-3-4-5-6-7(20)19-13-10(16)8(14(21)22)9(15)12(18)11(13)17/h2-6,18H2,1H3,(H,19,20)(H,21,22). The average molecular weight is 642 g/mol. The van der Waals surface area contributed by atoms with Crippen molar-refractivity contribution in [2.75, 3.05) is 11.1 Å². The summed E-state index contributed by atoms with van der Waals surface area (Å²) in [5, 5.41) is 12.2. The summed E-state index contributed by atoms with van der Waals surface area (Å²) >= 11 is 5.91. The predicted octanol–water partition coefficient (Wildman–Crippen LogP) is 4.69. The molecule has 0 aliphatic heterocycles. The highest BCUT2D eigenvalue weighted by Gasteiger charge is 2.23. The lowest BCUT2D eigenvalue weighted by Gasteiger charge is -2.16. The molecule has 0 aliphatic carbocycles. The minimum atomic E-state index is -1.05. The van der Waals surface area contributed by atoms with Crippen molar-refractivity contribution in [1.82, 2.24) is 0 Å². The summed E-state index contributed by atoms with van der Waals surface area (Å²) in [6.07, 6.45) is 4.52. The molecule has 4 N–H and O–H groups in total. The Labute approximate surface area is 170 Å². The number of carboxylic acids is 1. The van der Waals surface area contributed by atoms with E-state index in [4.69, 9.17) is 5.73 Å². The molecule has 1 amide bonds. The number of benzene rings is 1. The van der Waals surface area contributed by atoms with Crippen LogP contribution < -0.4 is 11.1 Å². The van der Waals surface area contributed by atoms with Gasteiger partial charge in [-0.25, -0.2) is 4.79 Å². The van der Waals surface area contributed by atoms with Crippen molar-refractivity contribution in [3.05, 3.63) is 16.3 Å². The number of rotatable bonds is 7. The molecule has 1 aromatic rings. The Morgan fingerprint density at radius 2 is 1.73 bits per heavy atom. The molecule has 1 aromatic carbocycles. The Morgan fingerprint density at radius 3 is 2.27 bits per heavy atom. The number of nitrogen functional groups attached to an aromatic ring is 1. The lowest BCUT2D eigenvalue weighted by atomic mass is 10.1. The van der Waals surface area contributed by atoms with Gasteiger partial charge >= 0.3 is 5.97 Å². The molecule has 0 heterocycles. The van der Waals surface area contributed by atoms with E-state index < -0.39 is 5.97 Å². The molecule has 8 heteroatoms. The highest BCUT2D eigenvalue weighted by Crippen LogP contribution is 2.37. The Kier molecular flexibility index (Phi) is 8.67. The quantitative estimate of drug-likeness (QED) is 0.229. The van der Waals surface area contributed by atoms with E-state index in [1.807, 2.05) is 67.8 Å². The molecule has 22 heavy (non-hydrogen) atoms. The maximum atomic E-state index is 12.0. The van der Waals surface area contributed by atoms with E-state index in [-0.39, 0.29) is 11.5 Å². The van der Waals surface area contributed by atoms with E-state index in [9.17, 15) is 14.7 Å². The van der Waals surface area contributed by atoms with Gasteiger partial charge in [0.05, 0.1) is 27.6 Å². The zero-order valence-corrected chi connectivity index (χ0v) is 18.5. The van der Waals surface area contributed by atoms with Crippen molar-refractivity contribution >= 4 is 91.0 Å². The van der Waals surface area contributed by atoms with Crippen molar-refractivity contribution in [1.29, 1.82) is 0 Å². The summed E-state index contributed by atoms with van der Waals surface area (Å²) in [6.45, 7) is 2.12. The van der Waals surface area contributed by atoms with Crippen LogP contribution in [0.1, 0.15) is 49.4 Å². The van der Waals surface area contributed by atoms with Gasteiger partial charge < -0.3 is 16.2 Å². The molecular weight excluding hydrogens is 625 g/mol. The second kappa shape index (κ2) is 9.45. The highest BCUT2D eigenvalue weighted by atomic mass is 127. The summed E-state index contributed by atoms with van der Waals surface area (Å²) in [5.41, 5.74) is 7.00. The number of unbranched alkanes of at least 4 members (excludes halogenated alkanes) is 3. The van der Waals surface area contributed by atoms with E-state index in [1.165, 1.54) is 0 Å². The predicted molar refractivity (Wildman–Crippen MR) is 113 cm³/mol. The van der Waals surface area contributed by atoms with E-state index >= 15 is 0 Å². The fraction of sp³-hybridized carbons (Fsp3) is 0.429. The summed E-state index contributed by atoms with van der Waals surface area (Å²) in [7, 11) is 0. The second-order valence-electron chi connectivity index (χ2n) is 4.77. The first-order valence-corrected chi connectivity index (χ1v) is 10.0. The third-order valence-electron chi connectivity index (χ3n) is 3.09. The van der Waals surface area contributed by atoms with Gasteiger partial charge in [0.25, 0.3) is 0 Å². The Morgan fingerprint density at radius 1 is 1.09 bits per heavy atom. The lowest BCUT2D eigenvalue weighted by molar-refractivity contribution is -0.116. The number of nitrogens with two attached hydrogens (primary N) is 1. The number of carboxylic acid groups (broad SMARTS) is 1. The maximum absolute atomic E-state index is 12.0. The fourth-order valence-electron chi connectivity index (χ4n) is 1.90. The number of aromatic carboxylic acids is 1. The molecule has 0 spiro atoms. The van der Waals surface area contributed by atoms with Crippen molar-refractivity contribution in [2.24, 2.45) is 0 Å². The Balaban J connectivity index is 3.00. The van der Waals surface area contributed by atoms with Crippen LogP contribution in [0.4, 0.5) is 11.4 Å². The van der Waals surface area contributed by atoms with Crippen LogP contribution in [0.2, 0.25) is 0 Å². The minimum Gasteiger partial charge on any atom is -0.478 e. The number of hydrogen-bond donors (Lipinski definition) is 3. The van der Waals surface area contributed by atoms with Gasteiger partial charge in [0, 0.05) is 6.42 Å². The SMILES string of the molecule is CCCCCCC(=O)Nc1c(I)c(N)c(I)c(C(=O)O)c1I. The topological polar surface area (TPSA) is 92.4 Å². The molecule has 0 aromatic heterocycles. The second-order valence-corrected chi connectivity index (χ2v) is 8.01. The van der Waals surface area contributed by atoms with Gasteiger partial charge in [0.2, 0.25) is 5.91 Å². The van der Waals surface area contributed by atoms with Crippen LogP contribution in [0.15, 0.2) is 0 Å². The summed E-state index contributed by atoms with van der Waals surface area (Å²) in [4.78, 5) is 23.5. The normalized spacial score (nSPS) is 10.5. The minimum absolute atomic E-state index is 0.108. The largest absolute Gasteiger partial charge is 0.478 e. The third-order valence-corrected chi connectivity index (χ3v) is 6.41. The number of amides is 1. The van der Waals surface area contributed by atoms with Crippen LogP contribution >= 0.6 is 67.8 Å². The zero-order chi connectivity index (χ0) is 16.9. The molecule has 0 unspecified atom stereocenters. The van der Waals surface area contributed by atoms with Crippen LogP contribution in [0, 0.1) is 10.7 Å². The number of halogens is 3. The lowest BCUT2D eigenvalue weighted by Crippen LogP contribution is -2.17. The number of nitrogens with one attached hydrogen (secondary N) is 1. The van der Waals surface area contributed by atoms with Crippen LogP contribution in [0.5, 0.6) is 0 Å². The van der Waals surface area contributed by atoms with E-state index in [1.54, 1.807) is 0 Å². The molecular formula is C14H17I3N2O3. The molecule has 0 atom stereocenters. The van der Waals surface area contributed by atoms with Gasteiger partial charge in [0.1, 0.15) is 0 Å². The summed E-state index contributed by atoms with van der Waals surface area (Å²) in [6, 6.07) is 0. The molecule has 1 rings (SSSR count). The molecule has 122 valence electrons. The highest BCUT2D eigenvalue weighted by molar-refractivity contribution is 14.1. The smallest absolute Gasteiger partial charge is 0.338 e. The maximum Gasteiger partial charge on any atom is 0.338 e. The summed E-state index contributed by atoms with van der Waals surface area (Å²) in [5.74, 6) is -1.15. The molecule has 0 radical (unpaired) electrons. The van der Waals surface area contributed by atoms with Crippen LogP contribution in [0.25, 0.3) is 0 Å². The monoisotopic (exact) mass is 642 g/mol. The van der Waals surface area contributed by atoms with Gasteiger partial charge in [0.15, 0.2) is 0 Å². The van der Waals surface area contributed by atoms with Crippen molar-refractivity contribution in [3.8, 4) is 0 Å².